The normalized spacial score (nSPS) is 19.8. The number of rotatable bonds is 6. The van der Waals surface area contributed by atoms with Crippen molar-refractivity contribution in [2.24, 2.45) is 5.11 Å². The standard InChI is InChI=1S/C18H21N3O3/c1-3-18(11-12(2)22)17-15(8-10-23-18)14-6-4-5-13(16(14)24-17)7-9-20-21-19/h4-6H,3,7-11H2,1-2H3. The van der Waals surface area contributed by atoms with Crippen LogP contribution in [0, 0.1) is 0 Å². The Morgan fingerprint density at radius 3 is 3.00 bits per heavy atom. The van der Waals surface area contributed by atoms with Gasteiger partial charge in [0.2, 0.25) is 0 Å². The first-order valence-corrected chi connectivity index (χ1v) is 8.29. The number of Topliss-reactive ketones (excluding diaryl/α,β-unsaturated/α-hetero) is 1. The number of para-hydroxylation sites is 1. The molecule has 6 nitrogen and oxygen atoms in total. The van der Waals surface area contributed by atoms with Crippen molar-refractivity contribution in [3.8, 4) is 0 Å². The summed E-state index contributed by atoms with van der Waals surface area (Å²) in [6.45, 7) is 4.59. The minimum Gasteiger partial charge on any atom is -0.457 e. The van der Waals surface area contributed by atoms with E-state index < -0.39 is 5.60 Å². The summed E-state index contributed by atoms with van der Waals surface area (Å²) in [4.78, 5) is 14.6. The van der Waals surface area contributed by atoms with Gasteiger partial charge in [-0.2, -0.15) is 0 Å². The number of nitrogens with zero attached hydrogens (tertiary/aromatic N) is 3. The van der Waals surface area contributed by atoms with Crippen LogP contribution in [-0.2, 0) is 28.0 Å². The van der Waals surface area contributed by atoms with Gasteiger partial charge in [-0.1, -0.05) is 30.2 Å². The van der Waals surface area contributed by atoms with Gasteiger partial charge in [0.25, 0.3) is 0 Å². The Balaban J connectivity index is 2.12. The Kier molecular flexibility index (Phi) is 4.60. The average molecular weight is 327 g/mol. The average Bonchev–Trinajstić information content (AvgIpc) is 2.96. The highest BCUT2D eigenvalue weighted by molar-refractivity contribution is 5.86. The van der Waals surface area contributed by atoms with Crippen molar-refractivity contribution >= 4 is 16.8 Å². The highest BCUT2D eigenvalue weighted by Gasteiger charge is 2.42. The second-order valence-electron chi connectivity index (χ2n) is 6.23. The molecule has 0 saturated heterocycles. The SMILES string of the molecule is CCC1(CC(C)=O)OCCc2c1oc1c(CCN=[N+]=[N-])cccc21. The van der Waals surface area contributed by atoms with Crippen molar-refractivity contribution < 1.29 is 13.9 Å². The summed E-state index contributed by atoms with van der Waals surface area (Å²) in [6, 6.07) is 6.04. The summed E-state index contributed by atoms with van der Waals surface area (Å²) >= 11 is 0. The number of azide groups is 1. The zero-order valence-corrected chi connectivity index (χ0v) is 14.0. The number of ketones is 1. The Morgan fingerprint density at radius 2 is 2.29 bits per heavy atom. The van der Waals surface area contributed by atoms with E-state index in [9.17, 15) is 4.79 Å². The summed E-state index contributed by atoms with van der Waals surface area (Å²) in [7, 11) is 0. The molecular weight excluding hydrogens is 306 g/mol. The van der Waals surface area contributed by atoms with Gasteiger partial charge in [-0.25, -0.2) is 0 Å². The molecule has 2 heterocycles. The van der Waals surface area contributed by atoms with Crippen LogP contribution in [0.4, 0.5) is 0 Å². The highest BCUT2D eigenvalue weighted by Crippen LogP contribution is 2.44. The van der Waals surface area contributed by atoms with Gasteiger partial charge in [0.15, 0.2) is 0 Å². The lowest BCUT2D eigenvalue weighted by atomic mass is 9.85. The van der Waals surface area contributed by atoms with E-state index in [1.165, 1.54) is 0 Å². The van der Waals surface area contributed by atoms with E-state index in [2.05, 4.69) is 10.0 Å². The van der Waals surface area contributed by atoms with Crippen molar-refractivity contribution in [2.45, 2.75) is 45.1 Å². The van der Waals surface area contributed by atoms with E-state index >= 15 is 0 Å². The van der Waals surface area contributed by atoms with Crippen LogP contribution in [0.25, 0.3) is 21.4 Å². The third kappa shape index (κ3) is 2.79. The summed E-state index contributed by atoms with van der Waals surface area (Å²) < 4.78 is 12.3. The molecule has 126 valence electrons. The van der Waals surface area contributed by atoms with Crippen LogP contribution >= 0.6 is 0 Å². The Morgan fingerprint density at radius 1 is 1.46 bits per heavy atom. The maximum Gasteiger partial charge on any atom is 0.140 e. The number of hydrogen-bond donors (Lipinski definition) is 0. The van der Waals surface area contributed by atoms with Gasteiger partial charge in [-0.05, 0) is 37.3 Å². The van der Waals surface area contributed by atoms with E-state index in [1.807, 2.05) is 25.1 Å². The Hall–Kier alpha value is -2.30. The lowest BCUT2D eigenvalue weighted by molar-refractivity contribution is -0.130. The van der Waals surface area contributed by atoms with Gasteiger partial charge < -0.3 is 9.15 Å². The Bertz CT molecular complexity index is 820. The van der Waals surface area contributed by atoms with Gasteiger partial charge >= 0.3 is 0 Å². The van der Waals surface area contributed by atoms with Crippen LogP contribution in [-0.4, -0.2) is 18.9 Å². The van der Waals surface area contributed by atoms with Crippen molar-refractivity contribution in [2.75, 3.05) is 13.2 Å². The molecule has 0 spiro atoms. The maximum absolute atomic E-state index is 11.8. The fourth-order valence-electron chi connectivity index (χ4n) is 3.59. The molecule has 0 amide bonds. The molecular formula is C18H21N3O3. The molecule has 0 N–H and O–H groups in total. The number of hydrogen-bond acceptors (Lipinski definition) is 4. The number of carbonyl (C=O) groups excluding carboxylic acids is 1. The first-order valence-electron chi connectivity index (χ1n) is 8.29. The van der Waals surface area contributed by atoms with Crippen molar-refractivity contribution in [3.05, 3.63) is 45.5 Å². The van der Waals surface area contributed by atoms with Crippen LogP contribution in [0.5, 0.6) is 0 Å². The fraction of sp³-hybridized carbons (Fsp3) is 0.500. The molecule has 1 unspecified atom stereocenters. The first kappa shape index (κ1) is 16.6. The quantitative estimate of drug-likeness (QED) is 0.446. The number of furan rings is 1. The van der Waals surface area contributed by atoms with Crippen LogP contribution in [0.15, 0.2) is 27.7 Å². The van der Waals surface area contributed by atoms with Crippen LogP contribution < -0.4 is 0 Å². The maximum atomic E-state index is 11.8. The molecule has 1 aromatic heterocycles. The van der Waals surface area contributed by atoms with Gasteiger partial charge in [0.05, 0.1) is 6.61 Å². The zero-order valence-electron chi connectivity index (χ0n) is 14.0. The minimum atomic E-state index is -0.666. The number of benzene rings is 1. The zero-order chi connectivity index (χ0) is 17.2. The van der Waals surface area contributed by atoms with Crippen LogP contribution in [0.2, 0.25) is 0 Å². The molecule has 1 aliphatic heterocycles. The predicted molar refractivity (Wildman–Crippen MR) is 90.9 cm³/mol. The largest absolute Gasteiger partial charge is 0.457 e. The molecule has 0 saturated carbocycles. The summed E-state index contributed by atoms with van der Waals surface area (Å²) in [5, 5.41) is 4.69. The molecule has 1 aliphatic rings. The van der Waals surface area contributed by atoms with Crippen LogP contribution in [0.1, 0.15) is 43.6 Å². The molecule has 0 fully saturated rings. The number of ether oxygens (including phenoxy) is 1. The molecule has 1 atom stereocenters. The predicted octanol–water partition coefficient (Wildman–Crippen LogP) is 4.44. The molecule has 1 aromatic carbocycles. The molecule has 0 aliphatic carbocycles. The highest BCUT2D eigenvalue weighted by atomic mass is 16.5. The molecule has 6 heteroatoms. The number of carbonyl (C=O) groups is 1. The van der Waals surface area contributed by atoms with Gasteiger partial charge in [0, 0.05) is 28.8 Å². The molecule has 0 radical (unpaired) electrons. The fourth-order valence-corrected chi connectivity index (χ4v) is 3.59. The van der Waals surface area contributed by atoms with E-state index in [0.29, 0.717) is 32.4 Å². The van der Waals surface area contributed by atoms with Gasteiger partial charge in [-0.15, -0.1) is 0 Å². The molecule has 3 rings (SSSR count). The minimum absolute atomic E-state index is 0.0914. The topological polar surface area (TPSA) is 88.2 Å². The smallest absolute Gasteiger partial charge is 0.140 e. The summed E-state index contributed by atoms with van der Waals surface area (Å²) in [6.07, 6.45) is 2.42. The molecule has 0 bridgehead atoms. The van der Waals surface area contributed by atoms with Crippen LogP contribution in [0.3, 0.4) is 0 Å². The second kappa shape index (κ2) is 6.67. The van der Waals surface area contributed by atoms with E-state index in [4.69, 9.17) is 14.7 Å². The third-order valence-electron chi connectivity index (χ3n) is 4.69. The monoisotopic (exact) mass is 327 g/mol. The molecule has 2 aromatic rings. The van der Waals surface area contributed by atoms with Crippen molar-refractivity contribution in [1.82, 2.24) is 0 Å². The van der Waals surface area contributed by atoms with E-state index in [1.54, 1.807) is 6.92 Å². The lowest BCUT2D eigenvalue weighted by Gasteiger charge is -2.34. The van der Waals surface area contributed by atoms with E-state index in [-0.39, 0.29) is 5.78 Å². The number of fused-ring (bicyclic) bond motifs is 3. The third-order valence-corrected chi connectivity index (χ3v) is 4.69. The van der Waals surface area contributed by atoms with Crippen molar-refractivity contribution in [3.63, 3.8) is 0 Å². The Labute approximate surface area is 140 Å². The van der Waals surface area contributed by atoms with Gasteiger partial charge in [0.1, 0.15) is 22.7 Å². The van der Waals surface area contributed by atoms with Crippen molar-refractivity contribution in [1.29, 1.82) is 0 Å². The lowest BCUT2D eigenvalue weighted by Crippen LogP contribution is -2.36. The van der Waals surface area contributed by atoms with Gasteiger partial charge in [-0.3, -0.25) is 4.79 Å². The second-order valence-corrected chi connectivity index (χ2v) is 6.23. The first-order chi connectivity index (χ1) is 11.6. The summed E-state index contributed by atoms with van der Waals surface area (Å²) in [5.41, 5.74) is 10.8. The van der Waals surface area contributed by atoms with E-state index in [0.717, 1.165) is 34.3 Å². The summed E-state index contributed by atoms with van der Waals surface area (Å²) in [5.74, 6) is 0.881. The molecule has 24 heavy (non-hydrogen) atoms.